The highest BCUT2D eigenvalue weighted by Gasteiger charge is 2.29. The fourth-order valence-electron chi connectivity index (χ4n) is 3.76. The van der Waals surface area contributed by atoms with E-state index in [9.17, 15) is 15.0 Å². The number of phenolic OH excluding ortho intramolecular Hbond substituents is 1. The van der Waals surface area contributed by atoms with Gasteiger partial charge in [-0.2, -0.15) is 0 Å². The molecule has 0 aliphatic carbocycles. The number of fused-ring (bicyclic) bond motifs is 1. The Hall–Kier alpha value is -4.53. The minimum atomic E-state index is -0.822. The Kier molecular flexibility index (Phi) is 6.59. The average Bonchev–Trinajstić information content (AvgIpc) is 2.89. The predicted octanol–water partition coefficient (Wildman–Crippen LogP) is 4.48. The van der Waals surface area contributed by atoms with Gasteiger partial charge in [0.1, 0.15) is 12.0 Å². The van der Waals surface area contributed by atoms with Gasteiger partial charge >= 0.3 is 0 Å². The average molecular weight is 480 g/mol. The maximum atomic E-state index is 13.2. The Bertz CT molecular complexity index is 1430. The molecule has 0 aliphatic heterocycles. The molecule has 0 saturated heterocycles. The minimum Gasteiger partial charge on any atom is -0.502 e. The number of aromatic hydroxyl groups is 2. The lowest BCUT2D eigenvalue weighted by Gasteiger charge is -2.17. The van der Waals surface area contributed by atoms with Crippen LogP contribution in [0.15, 0.2) is 57.7 Å². The van der Waals surface area contributed by atoms with Crippen LogP contribution in [0.25, 0.3) is 22.3 Å². The first-order chi connectivity index (χ1) is 16.9. The van der Waals surface area contributed by atoms with Crippen molar-refractivity contribution in [2.24, 2.45) is 0 Å². The zero-order valence-electron chi connectivity index (χ0n) is 19.6. The minimum absolute atomic E-state index is 0.0341. The molecule has 2 N–H and O–H groups in total. The lowest BCUT2D eigenvalue weighted by molar-refractivity contribution is 0.284. The van der Waals surface area contributed by atoms with Crippen molar-refractivity contribution in [1.82, 2.24) is 0 Å². The van der Waals surface area contributed by atoms with Crippen LogP contribution in [0, 0.1) is 0 Å². The monoisotopic (exact) mass is 480 g/mol. The lowest BCUT2D eigenvalue weighted by atomic mass is 10.1. The molecule has 3 aromatic carbocycles. The maximum Gasteiger partial charge on any atom is 0.239 e. The SMILES string of the molecule is COc1ccc(-c2oc3c(OC)c(OC)c(O)c(OC)c3c(=O)c2O)cc1OCc1ccccc1. The zero-order chi connectivity index (χ0) is 25.1. The fraction of sp³-hybridized carbons (Fsp3) is 0.192. The summed E-state index contributed by atoms with van der Waals surface area (Å²) in [5, 5.41) is 21.1. The highest BCUT2D eigenvalue weighted by atomic mass is 16.5. The van der Waals surface area contributed by atoms with Gasteiger partial charge in [-0.05, 0) is 23.8 Å². The molecule has 182 valence electrons. The maximum absolute atomic E-state index is 13.2. The third-order valence-corrected chi connectivity index (χ3v) is 5.43. The Morgan fingerprint density at radius 3 is 2.09 bits per heavy atom. The van der Waals surface area contributed by atoms with Gasteiger partial charge in [0.15, 0.2) is 28.6 Å². The van der Waals surface area contributed by atoms with Gasteiger partial charge in [0, 0.05) is 5.56 Å². The molecule has 0 unspecified atom stereocenters. The first kappa shape index (κ1) is 23.6. The summed E-state index contributed by atoms with van der Waals surface area (Å²) < 4.78 is 33.1. The molecule has 9 nitrogen and oxygen atoms in total. The summed E-state index contributed by atoms with van der Waals surface area (Å²) >= 11 is 0. The number of phenols is 1. The normalized spacial score (nSPS) is 10.7. The molecule has 4 rings (SSSR count). The number of ether oxygens (including phenoxy) is 5. The van der Waals surface area contributed by atoms with Gasteiger partial charge < -0.3 is 38.3 Å². The molecular formula is C26H24O9. The van der Waals surface area contributed by atoms with Crippen molar-refractivity contribution in [3.63, 3.8) is 0 Å². The van der Waals surface area contributed by atoms with Gasteiger partial charge in [0.2, 0.25) is 28.4 Å². The highest BCUT2D eigenvalue weighted by molar-refractivity contribution is 5.96. The van der Waals surface area contributed by atoms with E-state index >= 15 is 0 Å². The van der Waals surface area contributed by atoms with Crippen molar-refractivity contribution in [3.05, 3.63) is 64.3 Å². The van der Waals surface area contributed by atoms with Crippen LogP contribution in [-0.2, 0) is 6.61 Å². The molecule has 0 atom stereocenters. The van der Waals surface area contributed by atoms with Crippen LogP contribution >= 0.6 is 0 Å². The van der Waals surface area contributed by atoms with Gasteiger partial charge in [-0.3, -0.25) is 4.79 Å². The second-order valence-corrected chi connectivity index (χ2v) is 7.40. The Morgan fingerprint density at radius 2 is 1.46 bits per heavy atom. The van der Waals surface area contributed by atoms with Crippen LogP contribution in [0.5, 0.6) is 40.2 Å². The first-order valence-corrected chi connectivity index (χ1v) is 10.5. The van der Waals surface area contributed by atoms with Gasteiger partial charge in [-0.25, -0.2) is 0 Å². The van der Waals surface area contributed by atoms with Crippen molar-refractivity contribution in [3.8, 4) is 51.6 Å². The van der Waals surface area contributed by atoms with E-state index in [0.29, 0.717) is 17.1 Å². The Balaban J connectivity index is 1.90. The predicted molar refractivity (Wildman–Crippen MR) is 128 cm³/mol. The summed E-state index contributed by atoms with van der Waals surface area (Å²) in [5.74, 6) is -0.771. The molecule has 0 aliphatic rings. The molecule has 9 heteroatoms. The number of methoxy groups -OCH3 is 4. The van der Waals surface area contributed by atoms with Crippen LogP contribution in [0.3, 0.4) is 0 Å². The van der Waals surface area contributed by atoms with Crippen molar-refractivity contribution in [2.45, 2.75) is 6.61 Å². The van der Waals surface area contributed by atoms with E-state index in [2.05, 4.69) is 0 Å². The van der Waals surface area contributed by atoms with E-state index in [0.717, 1.165) is 5.56 Å². The molecule has 35 heavy (non-hydrogen) atoms. The van der Waals surface area contributed by atoms with Crippen LogP contribution in [0.1, 0.15) is 5.56 Å². The molecule has 1 aromatic heterocycles. The van der Waals surface area contributed by atoms with E-state index in [1.165, 1.54) is 28.4 Å². The largest absolute Gasteiger partial charge is 0.502 e. The summed E-state index contributed by atoms with van der Waals surface area (Å²) in [7, 11) is 5.43. The second-order valence-electron chi connectivity index (χ2n) is 7.40. The molecule has 0 spiro atoms. The Morgan fingerprint density at radius 1 is 0.771 bits per heavy atom. The summed E-state index contributed by atoms with van der Waals surface area (Å²) in [4.78, 5) is 13.2. The summed E-state index contributed by atoms with van der Waals surface area (Å²) in [5.41, 5.74) is 0.401. The molecule has 0 bridgehead atoms. The van der Waals surface area contributed by atoms with Crippen molar-refractivity contribution < 1.29 is 38.3 Å². The van der Waals surface area contributed by atoms with Crippen molar-refractivity contribution in [2.75, 3.05) is 28.4 Å². The van der Waals surface area contributed by atoms with Gasteiger partial charge in [-0.15, -0.1) is 0 Å². The molecular weight excluding hydrogens is 456 g/mol. The lowest BCUT2D eigenvalue weighted by Crippen LogP contribution is -2.07. The van der Waals surface area contributed by atoms with Crippen LogP contribution in [-0.4, -0.2) is 38.7 Å². The van der Waals surface area contributed by atoms with E-state index in [1.807, 2.05) is 30.3 Å². The van der Waals surface area contributed by atoms with Crippen LogP contribution in [0.4, 0.5) is 0 Å². The number of benzene rings is 3. The van der Waals surface area contributed by atoms with E-state index in [1.54, 1.807) is 18.2 Å². The first-order valence-electron chi connectivity index (χ1n) is 10.5. The van der Waals surface area contributed by atoms with E-state index in [-0.39, 0.29) is 40.6 Å². The number of rotatable bonds is 8. The zero-order valence-corrected chi connectivity index (χ0v) is 19.6. The molecule has 0 fully saturated rings. The van der Waals surface area contributed by atoms with Gasteiger partial charge in [0.05, 0.1) is 28.4 Å². The summed E-state index contributed by atoms with van der Waals surface area (Å²) in [6.45, 7) is 0.274. The molecule has 0 amide bonds. The van der Waals surface area contributed by atoms with Crippen molar-refractivity contribution >= 4 is 11.0 Å². The second kappa shape index (κ2) is 9.76. The molecule has 4 aromatic rings. The van der Waals surface area contributed by atoms with Crippen LogP contribution in [0.2, 0.25) is 0 Å². The molecule has 0 radical (unpaired) electrons. The molecule has 1 heterocycles. The fourth-order valence-corrected chi connectivity index (χ4v) is 3.76. The topological polar surface area (TPSA) is 117 Å². The standard InChI is InChI=1S/C26H24O9/c1-30-16-11-10-15(12-17(16)34-13-14-8-6-5-7-9-14)22-20(28)19(27)18-23(31-2)21(29)25(32-3)26(33-4)24(18)35-22/h5-12,28-29H,13H2,1-4H3. The number of hydrogen-bond donors (Lipinski definition) is 2. The van der Waals surface area contributed by atoms with Gasteiger partial charge in [-0.1, -0.05) is 30.3 Å². The highest BCUT2D eigenvalue weighted by Crippen LogP contribution is 2.51. The quantitative estimate of drug-likeness (QED) is 0.376. The third-order valence-electron chi connectivity index (χ3n) is 5.43. The van der Waals surface area contributed by atoms with Gasteiger partial charge in [0.25, 0.3) is 0 Å². The van der Waals surface area contributed by atoms with Crippen LogP contribution < -0.4 is 29.1 Å². The summed E-state index contributed by atoms with van der Waals surface area (Å²) in [6.07, 6.45) is 0. The van der Waals surface area contributed by atoms with Crippen molar-refractivity contribution in [1.29, 1.82) is 0 Å². The molecule has 0 saturated carbocycles. The smallest absolute Gasteiger partial charge is 0.239 e. The Labute approximate surface area is 200 Å². The van der Waals surface area contributed by atoms with E-state index < -0.39 is 16.9 Å². The van der Waals surface area contributed by atoms with E-state index in [4.69, 9.17) is 28.1 Å². The third kappa shape index (κ3) is 4.12. The number of hydrogen-bond acceptors (Lipinski definition) is 9. The summed E-state index contributed by atoms with van der Waals surface area (Å²) in [6, 6.07) is 14.4.